The number of ether oxygens (including phenoxy) is 1. The van der Waals surface area contributed by atoms with E-state index in [1.165, 1.54) is 11.8 Å². The molecule has 168 valence electrons. The molecule has 0 unspecified atom stereocenters. The van der Waals surface area contributed by atoms with Gasteiger partial charge in [0, 0.05) is 12.1 Å². The number of nitrogens with one attached hydrogen (secondary N) is 2. The Morgan fingerprint density at radius 1 is 1.12 bits per heavy atom. The average molecular weight is 494 g/mol. The zero-order valence-electron chi connectivity index (χ0n) is 17.4. The van der Waals surface area contributed by atoms with Gasteiger partial charge in [0.15, 0.2) is 11.0 Å². The monoisotopic (exact) mass is 493 g/mol. The molecule has 32 heavy (non-hydrogen) atoms. The summed E-state index contributed by atoms with van der Waals surface area (Å²) in [5.74, 6) is 0.898. The van der Waals surface area contributed by atoms with Crippen LogP contribution in [-0.4, -0.2) is 39.4 Å². The maximum absolute atomic E-state index is 12.4. The molecule has 0 atom stereocenters. The van der Waals surface area contributed by atoms with Crippen LogP contribution in [0, 0.1) is 0 Å². The Hall–Kier alpha value is -2.75. The van der Waals surface area contributed by atoms with Crippen LogP contribution in [0.15, 0.2) is 47.6 Å². The zero-order chi connectivity index (χ0) is 23.1. The van der Waals surface area contributed by atoms with Crippen molar-refractivity contribution in [3.8, 4) is 5.75 Å². The number of hydrogen-bond acceptors (Lipinski definition) is 6. The maximum Gasteiger partial charge on any atom is 0.251 e. The van der Waals surface area contributed by atoms with Crippen molar-refractivity contribution in [2.45, 2.75) is 25.2 Å². The number of rotatable bonds is 9. The van der Waals surface area contributed by atoms with Crippen molar-refractivity contribution in [1.82, 2.24) is 20.1 Å². The number of carbonyl (C=O) groups is 2. The third kappa shape index (κ3) is 5.93. The summed E-state index contributed by atoms with van der Waals surface area (Å²) < 4.78 is 6.94. The molecule has 0 aliphatic rings. The topological polar surface area (TPSA) is 98.1 Å². The molecule has 2 aromatic carbocycles. The number of carbonyl (C=O) groups excluding carboxylic acids is 2. The number of thioether (sulfide) groups is 1. The van der Waals surface area contributed by atoms with Gasteiger partial charge in [0.2, 0.25) is 5.91 Å². The first-order valence-electron chi connectivity index (χ1n) is 9.64. The Balaban J connectivity index is 1.57. The minimum Gasteiger partial charge on any atom is -0.497 e. The number of aromatic nitrogens is 3. The highest BCUT2D eigenvalue weighted by atomic mass is 35.5. The minimum absolute atomic E-state index is 0.110. The van der Waals surface area contributed by atoms with Gasteiger partial charge in [-0.2, -0.15) is 0 Å². The van der Waals surface area contributed by atoms with E-state index in [0.29, 0.717) is 44.6 Å². The standard InChI is InChI=1S/C21H21Cl2N5O3S/c1-3-28-17(11-24-20(30)13-7-9-14(31-2)10-8-13)26-27-21(28)32-12-18(29)25-16-6-4-5-15(22)19(16)23/h4-10H,3,11-12H2,1-2H3,(H,24,30)(H,25,29). The van der Waals surface area contributed by atoms with Gasteiger partial charge in [-0.15, -0.1) is 10.2 Å². The number of anilines is 1. The normalized spacial score (nSPS) is 10.6. The van der Waals surface area contributed by atoms with Crippen molar-refractivity contribution < 1.29 is 14.3 Å². The van der Waals surface area contributed by atoms with Gasteiger partial charge in [-0.1, -0.05) is 41.0 Å². The number of halogens is 2. The molecule has 3 aromatic rings. The third-order valence-electron chi connectivity index (χ3n) is 4.43. The summed E-state index contributed by atoms with van der Waals surface area (Å²) in [4.78, 5) is 24.7. The van der Waals surface area contributed by atoms with Crippen molar-refractivity contribution >= 4 is 52.5 Å². The fourth-order valence-electron chi connectivity index (χ4n) is 2.79. The summed E-state index contributed by atoms with van der Waals surface area (Å²) in [5.41, 5.74) is 0.961. The molecule has 1 heterocycles. The lowest BCUT2D eigenvalue weighted by Crippen LogP contribution is -2.24. The van der Waals surface area contributed by atoms with E-state index in [2.05, 4.69) is 20.8 Å². The molecule has 2 N–H and O–H groups in total. The second kappa shape index (κ2) is 11.2. The van der Waals surface area contributed by atoms with Crippen molar-refractivity contribution in [3.63, 3.8) is 0 Å². The van der Waals surface area contributed by atoms with Gasteiger partial charge in [0.25, 0.3) is 5.91 Å². The minimum atomic E-state index is -0.251. The van der Waals surface area contributed by atoms with E-state index < -0.39 is 0 Å². The Kier molecular flexibility index (Phi) is 8.38. The summed E-state index contributed by atoms with van der Waals surface area (Å²) in [7, 11) is 1.57. The SMILES string of the molecule is CCn1c(CNC(=O)c2ccc(OC)cc2)nnc1SCC(=O)Nc1cccc(Cl)c1Cl. The van der Waals surface area contributed by atoms with E-state index >= 15 is 0 Å². The predicted octanol–water partition coefficient (Wildman–Crippen LogP) is 4.27. The van der Waals surface area contributed by atoms with Crippen LogP contribution in [0.25, 0.3) is 0 Å². The van der Waals surface area contributed by atoms with Crippen LogP contribution in [-0.2, 0) is 17.9 Å². The van der Waals surface area contributed by atoms with Crippen LogP contribution in [0.2, 0.25) is 10.0 Å². The Labute approximate surface area is 199 Å². The first-order chi connectivity index (χ1) is 15.4. The average Bonchev–Trinajstić information content (AvgIpc) is 3.21. The molecule has 0 fully saturated rings. The Morgan fingerprint density at radius 3 is 2.56 bits per heavy atom. The molecule has 3 rings (SSSR count). The first-order valence-corrected chi connectivity index (χ1v) is 11.4. The lowest BCUT2D eigenvalue weighted by atomic mass is 10.2. The van der Waals surface area contributed by atoms with E-state index in [-0.39, 0.29) is 24.1 Å². The van der Waals surface area contributed by atoms with Crippen LogP contribution in [0.4, 0.5) is 5.69 Å². The molecule has 2 amide bonds. The Bertz CT molecular complexity index is 1110. The largest absolute Gasteiger partial charge is 0.497 e. The molecule has 0 aliphatic carbocycles. The second-order valence-electron chi connectivity index (χ2n) is 6.49. The highest BCUT2D eigenvalue weighted by Crippen LogP contribution is 2.29. The van der Waals surface area contributed by atoms with Crippen LogP contribution in [0.1, 0.15) is 23.1 Å². The summed E-state index contributed by atoms with van der Waals surface area (Å²) in [6.07, 6.45) is 0. The zero-order valence-corrected chi connectivity index (χ0v) is 19.7. The van der Waals surface area contributed by atoms with Gasteiger partial charge in [0.05, 0.1) is 35.1 Å². The molecule has 1 aromatic heterocycles. The second-order valence-corrected chi connectivity index (χ2v) is 8.22. The Morgan fingerprint density at radius 2 is 1.88 bits per heavy atom. The quantitative estimate of drug-likeness (QED) is 0.431. The number of nitrogens with zero attached hydrogens (tertiary/aromatic N) is 3. The molecular weight excluding hydrogens is 473 g/mol. The summed E-state index contributed by atoms with van der Waals surface area (Å²) in [5, 5.41) is 15.1. The molecule has 0 saturated heterocycles. The molecule has 0 bridgehead atoms. The lowest BCUT2D eigenvalue weighted by molar-refractivity contribution is -0.113. The molecule has 0 spiro atoms. The molecule has 0 aliphatic heterocycles. The predicted molar refractivity (Wildman–Crippen MR) is 126 cm³/mol. The lowest BCUT2D eigenvalue weighted by Gasteiger charge is -2.10. The maximum atomic E-state index is 12.4. The molecular formula is C21H21Cl2N5O3S. The number of hydrogen-bond donors (Lipinski definition) is 2. The van der Waals surface area contributed by atoms with E-state index in [1.807, 2.05) is 11.5 Å². The molecule has 8 nitrogen and oxygen atoms in total. The van der Waals surface area contributed by atoms with Crippen molar-refractivity contribution in [2.24, 2.45) is 0 Å². The van der Waals surface area contributed by atoms with Gasteiger partial charge in [0.1, 0.15) is 5.75 Å². The van der Waals surface area contributed by atoms with Gasteiger partial charge in [-0.25, -0.2) is 0 Å². The van der Waals surface area contributed by atoms with Crippen LogP contribution in [0.5, 0.6) is 5.75 Å². The van der Waals surface area contributed by atoms with Crippen LogP contribution in [0.3, 0.4) is 0 Å². The van der Waals surface area contributed by atoms with E-state index in [9.17, 15) is 9.59 Å². The molecule has 0 saturated carbocycles. The van der Waals surface area contributed by atoms with Gasteiger partial charge in [-0.3, -0.25) is 9.59 Å². The van der Waals surface area contributed by atoms with Crippen molar-refractivity contribution in [3.05, 3.63) is 63.9 Å². The van der Waals surface area contributed by atoms with E-state index in [0.717, 1.165) is 0 Å². The molecule has 11 heteroatoms. The summed E-state index contributed by atoms with van der Waals surface area (Å²) in [6, 6.07) is 11.8. The van der Waals surface area contributed by atoms with Crippen LogP contribution < -0.4 is 15.4 Å². The fraction of sp³-hybridized carbons (Fsp3) is 0.238. The van der Waals surface area contributed by atoms with Crippen molar-refractivity contribution in [2.75, 3.05) is 18.2 Å². The van der Waals surface area contributed by atoms with E-state index in [1.54, 1.807) is 49.6 Å². The first kappa shape index (κ1) is 23.9. The van der Waals surface area contributed by atoms with Crippen molar-refractivity contribution in [1.29, 1.82) is 0 Å². The number of benzene rings is 2. The highest BCUT2D eigenvalue weighted by Gasteiger charge is 2.15. The summed E-state index contributed by atoms with van der Waals surface area (Å²) in [6.45, 7) is 2.73. The van der Waals surface area contributed by atoms with Crippen LogP contribution >= 0.6 is 35.0 Å². The number of methoxy groups -OCH3 is 1. The number of amides is 2. The van der Waals surface area contributed by atoms with Gasteiger partial charge in [-0.05, 0) is 43.3 Å². The van der Waals surface area contributed by atoms with Gasteiger partial charge >= 0.3 is 0 Å². The fourth-order valence-corrected chi connectivity index (χ4v) is 3.96. The third-order valence-corrected chi connectivity index (χ3v) is 6.21. The summed E-state index contributed by atoms with van der Waals surface area (Å²) >= 11 is 13.3. The smallest absolute Gasteiger partial charge is 0.251 e. The highest BCUT2D eigenvalue weighted by molar-refractivity contribution is 7.99. The molecule has 0 radical (unpaired) electrons. The van der Waals surface area contributed by atoms with E-state index in [4.69, 9.17) is 27.9 Å². The van der Waals surface area contributed by atoms with Gasteiger partial charge < -0.3 is 19.9 Å².